The first kappa shape index (κ1) is 18.2. The molecule has 0 aromatic carbocycles. The second kappa shape index (κ2) is 8.13. The zero-order valence-corrected chi connectivity index (χ0v) is 15.0. The molecule has 0 aromatic rings. The van der Waals surface area contributed by atoms with Crippen LogP contribution in [-0.4, -0.2) is 48.1 Å². The van der Waals surface area contributed by atoms with E-state index in [2.05, 4.69) is 5.32 Å². The van der Waals surface area contributed by atoms with Crippen molar-refractivity contribution in [3.8, 4) is 0 Å². The fraction of sp³-hybridized carbons (Fsp3) is 0.889. The lowest BCUT2D eigenvalue weighted by molar-refractivity contribution is -0.148. The third-order valence-corrected chi connectivity index (χ3v) is 4.94. The van der Waals surface area contributed by atoms with Crippen LogP contribution in [0, 0.1) is 11.8 Å². The standard InChI is InChI=1S/C18H32N2O3/c1-12(2)16(19-17(21)15-8-6-5-7-9-15)18(22)20-10-13(3)23-14(4)11-20/h12-16H,5-11H2,1-4H3,(H,19,21)/t13-,14-,16-/m1/s1. The van der Waals surface area contributed by atoms with Crippen molar-refractivity contribution in [2.24, 2.45) is 11.8 Å². The molecule has 1 heterocycles. The van der Waals surface area contributed by atoms with E-state index < -0.39 is 6.04 Å². The van der Waals surface area contributed by atoms with Gasteiger partial charge in [-0.05, 0) is 32.6 Å². The number of hydrogen-bond donors (Lipinski definition) is 1. The Morgan fingerprint density at radius 2 is 1.61 bits per heavy atom. The van der Waals surface area contributed by atoms with Crippen molar-refractivity contribution < 1.29 is 14.3 Å². The average molecular weight is 324 g/mol. The summed E-state index contributed by atoms with van der Waals surface area (Å²) >= 11 is 0. The number of rotatable bonds is 4. The van der Waals surface area contributed by atoms with E-state index in [1.54, 1.807) is 0 Å². The van der Waals surface area contributed by atoms with Crippen LogP contribution in [0.1, 0.15) is 59.8 Å². The largest absolute Gasteiger partial charge is 0.372 e. The molecule has 5 heteroatoms. The maximum absolute atomic E-state index is 12.9. The van der Waals surface area contributed by atoms with Gasteiger partial charge in [0.2, 0.25) is 11.8 Å². The molecular weight excluding hydrogens is 292 g/mol. The van der Waals surface area contributed by atoms with Gasteiger partial charge in [-0.25, -0.2) is 0 Å². The van der Waals surface area contributed by atoms with Crippen molar-refractivity contribution in [1.29, 1.82) is 0 Å². The number of carbonyl (C=O) groups excluding carboxylic acids is 2. The predicted octanol–water partition coefficient (Wildman–Crippen LogP) is 2.34. The highest BCUT2D eigenvalue weighted by atomic mass is 16.5. The average Bonchev–Trinajstić information content (AvgIpc) is 2.51. The lowest BCUT2D eigenvalue weighted by Gasteiger charge is -2.38. The molecular formula is C18H32N2O3. The van der Waals surface area contributed by atoms with E-state index in [1.165, 1.54) is 6.42 Å². The third-order valence-electron chi connectivity index (χ3n) is 4.94. The molecule has 0 unspecified atom stereocenters. The van der Waals surface area contributed by atoms with E-state index in [0.29, 0.717) is 13.1 Å². The minimum absolute atomic E-state index is 0.0335. The highest BCUT2D eigenvalue weighted by molar-refractivity contribution is 5.88. The Hall–Kier alpha value is -1.10. The highest BCUT2D eigenvalue weighted by Crippen LogP contribution is 2.24. The molecule has 2 fully saturated rings. The molecule has 23 heavy (non-hydrogen) atoms. The first-order chi connectivity index (χ1) is 10.9. The summed E-state index contributed by atoms with van der Waals surface area (Å²) in [6.45, 7) is 9.17. The molecule has 1 aliphatic heterocycles. The van der Waals surface area contributed by atoms with Crippen LogP contribution in [0.3, 0.4) is 0 Å². The number of hydrogen-bond acceptors (Lipinski definition) is 3. The van der Waals surface area contributed by atoms with Crippen LogP contribution in [0.2, 0.25) is 0 Å². The monoisotopic (exact) mass is 324 g/mol. The molecule has 2 aliphatic rings. The lowest BCUT2D eigenvalue weighted by Crippen LogP contribution is -2.57. The molecule has 0 spiro atoms. The number of ether oxygens (including phenoxy) is 1. The van der Waals surface area contributed by atoms with Gasteiger partial charge in [0, 0.05) is 19.0 Å². The summed E-state index contributed by atoms with van der Waals surface area (Å²) in [5.74, 6) is 0.265. The second-order valence-electron chi connectivity index (χ2n) is 7.57. The molecule has 0 bridgehead atoms. The molecule has 2 rings (SSSR count). The van der Waals surface area contributed by atoms with E-state index in [-0.39, 0.29) is 35.9 Å². The number of amides is 2. The minimum atomic E-state index is -0.429. The van der Waals surface area contributed by atoms with E-state index >= 15 is 0 Å². The molecule has 3 atom stereocenters. The van der Waals surface area contributed by atoms with E-state index in [4.69, 9.17) is 4.74 Å². The van der Waals surface area contributed by atoms with Crippen LogP contribution in [0.25, 0.3) is 0 Å². The molecule has 132 valence electrons. The molecule has 0 radical (unpaired) electrons. The zero-order chi connectivity index (χ0) is 17.0. The van der Waals surface area contributed by atoms with E-state index in [0.717, 1.165) is 25.7 Å². The Balaban J connectivity index is 1.99. The van der Waals surface area contributed by atoms with Crippen molar-refractivity contribution in [3.05, 3.63) is 0 Å². The van der Waals surface area contributed by atoms with Gasteiger partial charge in [0.25, 0.3) is 0 Å². The summed E-state index contributed by atoms with van der Waals surface area (Å²) in [7, 11) is 0. The van der Waals surface area contributed by atoms with Crippen molar-refractivity contribution in [2.45, 2.75) is 78.0 Å². The molecule has 5 nitrogen and oxygen atoms in total. The van der Waals surface area contributed by atoms with Crippen LogP contribution in [-0.2, 0) is 14.3 Å². The Bertz CT molecular complexity index is 408. The van der Waals surface area contributed by atoms with Gasteiger partial charge in [-0.15, -0.1) is 0 Å². The summed E-state index contributed by atoms with van der Waals surface area (Å²) < 4.78 is 5.70. The van der Waals surface area contributed by atoms with Gasteiger partial charge < -0.3 is 15.0 Å². The first-order valence-electron chi connectivity index (χ1n) is 9.13. The smallest absolute Gasteiger partial charge is 0.245 e. The molecule has 1 N–H and O–H groups in total. The van der Waals surface area contributed by atoms with Crippen molar-refractivity contribution >= 4 is 11.8 Å². The molecule has 1 aliphatic carbocycles. The topological polar surface area (TPSA) is 58.6 Å². The third kappa shape index (κ3) is 4.93. The number of morpholine rings is 1. The fourth-order valence-corrected chi connectivity index (χ4v) is 3.70. The van der Waals surface area contributed by atoms with Crippen LogP contribution in [0.4, 0.5) is 0 Å². The van der Waals surface area contributed by atoms with Gasteiger partial charge in [-0.1, -0.05) is 33.1 Å². The SMILES string of the molecule is CC(C)[C@@H](NC(=O)C1CCCCC1)C(=O)N1C[C@@H](C)O[C@H](C)C1. The van der Waals surface area contributed by atoms with Crippen molar-refractivity contribution in [3.63, 3.8) is 0 Å². The Labute approximate surface area is 140 Å². The van der Waals surface area contributed by atoms with Crippen LogP contribution < -0.4 is 5.32 Å². The summed E-state index contributed by atoms with van der Waals surface area (Å²) in [6, 6.07) is -0.429. The van der Waals surface area contributed by atoms with Gasteiger partial charge in [-0.2, -0.15) is 0 Å². The Morgan fingerprint density at radius 3 is 2.13 bits per heavy atom. The Morgan fingerprint density at radius 1 is 1.04 bits per heavy atom. The summed E-state index contributed by atoms with van der Waals surface area (Å²) in [5.41, 5.74) is 0. The van der Waals surface area contributed by atoms with Gasteiger partial charge in [-0.3, -0.25) is 9.59 Å². The summed E-state index contributed by atoms with van der Waals surface area (Å²) in [4.78, 5) is 27.3. The van der Waals surface area contributed by atoms with Crippen molar-refractivity contribution in [2.75, 3.05) is 13.1 Å². The minimum Gasteiger partial charge on any atom is -0.372 e. The summed E-state index contributed by atoms with van der Waals surface area (Å²) in [5, 5.41) is 3.04. The maximum atomic E-state index is 12.9. The van der Waals surface area contributed by atoms with Gasteiger partial charge in [0.05, 0.1) is 12.2 Å². The van der Waals surface area contributed by atoms with Crippen LogP contribution in [0.5, 0.6) is 0 Å². The van der Waals surface area contributed by atoms with Gasteiger partial charge in [0.1, 0.15) is 6.04 Å². The van der Waals surface area contributed by atoms with E-state index in [1.807, 2.05) is 32.6 Å². The van der Waals surface area contributed by atoms with E-state index in [9.17, 15) is 9.59 Å². The highest BCUT2D eigenvalue weighted by Gasteiger charge is 2.34. The quantitative estimate of drug-likeness (QED) is 0.863. The maximum Gasteiger partial charge on any atom is 0.245 e. The normalized spacial score (nSPS) is 27.8. The van der Waals surface area contributed by atoms with Crippen LogP contribution in [0.15, 0.2) is 0 Å². The zero-order valence-electron chi connectivity index (χ0n) is 15.0. The van der Waals surface area contributed by atoms with Crippen LogP contribution >= 0.6 is 0 Å². The molecule has 2 amide bonds. The lowest BCUT2D eigenvalue weighted by atomic mass is 9.88. The summed E-state index contributed by atoms with van der Waals surface area (Å²) in [6.07, 6.45) is 5.47. The molecule has 0 aromatic heterocycles. The second-order valence-corrected chi connectivity index (χ2v) is 7.57. The number of nitrogens with zero attached hydrogens (tertiary/aromatic N) is 1. The van der Waals surface area contributed by atoms with Gasteiger partial charge >= 0.3 is 0 Å². The van der Waals surface area contributed by atoms with Gasteiger partial charge in [0.15, 0.2) is 0 Å². The molecule has 1 saturated heterocycles. The Kier molecular flexibility index (Phi) is 6.45. The number of carbonyl (C=O) groups is 2. The number of nitrogens with one attached hydrogen (secondary N) is 1. The predicted molar refractivity (Wildman–Crippen MR) is 89.9 cm³/mol. The first-order valence-corrected chi connectivity index (χ1v) is 9.13. The fourth-order valence-electron chi connectivity index (χ4n) is 3.70. The molecule has 1 saturated carbocycles. The van der Waals surface area contributed by atoms with Crippen molar-refractivity contribution in [1.82, 2.24) is 10.2 Å².